The van der Waals surface area contributed by atoms with Crippen LogP contribution in [0.3, 0.4) is 0 Å². The van der Waals surface area contributed by atoms with Crippen molar-refractivity contribution in [3.63, 3.8) is 0 Å². The van der Waals surface area contributed by atoms with Crippen molar-refractivity contribution in [1.82, 2.24) is 24.9 Å². The van der Waals surface area contributed by atoms with Crippen LogP contribution in [0.15, 0.2) is 30.3 Å². The molecule has 1 aliphatic heterocycles. The number of morpholine rings is 1. The quantitative estimate of drug-likeness (QED) is 0.681. The molecule has 0 spiro atoms. The summed E-state index contributed by atoms with van der Waals surface area (Å²) in [5, 5.41) is 8.63. The van der Waals surface area contributed by atoms with E-state index in [0.29, 0.717) is 18.3 Å². The van der Waals surface area contributed by atoms with E-state index in [4.69, 9.17) is 4.74 Å². The van der Waals surface area contributed by atoms with Gasteiger partial charge in [-0.2, -0.15) is 5.10 Å². The van der Waals surface area contributed by atoms with Crippen LogP contribution in [0.5, 0.6) is 0 Å². The molecule has 7 nitrogen and oxygen atoms in total. The standard InChI is InChI=1S/C27H39N5O2/c1-30(19-21-8-4-3-5-9-21)26(33)25-23-18-22(10-11-24(23)31(2)29-25)28-20-27(12-6-7-13-27)32-14-16-34-17-15-32/h3-5,8-9,22,28H,6-7,10-20H2,1-2H3. The second-order valence-corrected chi connectivity index (χ2v) is 10.4. The fourth-order valence-corrected chi connectivity index (χ4v) is 6.26. The van der Waals surface area contributed by atoms with Gasteiger partial charge in [-0.1, -0.05) is 43.2 Å². The van der Waals surface area contributed by atoms with Crippen molar-refractivity contribution in [2.24, 2.45) is 7.05 Å². The molecule has 1 aromatic heterocycles. The highest BCUT2D eigenvalue weighted by Crippen LogP contribution is 2.36. The number of benzene rings is 1. The zero-order valence-electron chi connectivity index (χ0n) is 20.8. The SMILES string of the molecule is CN(Cc1ccccc1)C(=O)c1nn(C)c2c1CC(NCC1(N3CCOCC3)CCCC1)CC2. The first-order valence-electron chi connectivity index (χ1n) is 13.0. The Balaban J connectivity index is 1.26. The first-order chi connectivity index (χ1) is 16.6. The van der Waals surface area contributed by atoms with E-state index in [1.807, 2.05) is 37.0 Å². The number of hydrogen-bond acceptors (Lipinski definition) is 5. The van der Waals surface area contributed by atoms with E-state index in [-0.39, 0.29) is 11.4 Å². The Hall–Kier alpha value is -2.22. The molecule has 2 aromatic rings. The molecule has 1 atom stereocenters. The number of aryl methyl sites for hydroxylation is 1. The molecule has 7 heteroatoms. The molecule has 1 N–H and O–H groups in total. The Labute approximate surface area is 203 Å². The summed E-state index contributed by atoms with van der Waals surface area (Å²) in [5.74, 6) is 0.0157. The summed E-state index contributed by atoms with van der Waals surface area (Å²) in [7, 11) is 3.85. The largest absolute Gasteiger partial charge is 0.379 e. The molecule has 1 saturated heterocycles. The van der Waals surface area contributed by atoms with Crippen molar-refractivity contribution >= 4 is 5.91 Å². The van der Waals surface area contributed by atoms with Gasteiger partial charge in [-0.15, -0.1) is 0 Å². The normalized spacial score (nSPS) is 22.5. The highest BCUT2D eigenvalue weighted by Gasteiger charge is 2.40. The van der Waals surface area contributed by atoms with Crippen LogP contribution < -0.4 is 5.32 Å². The molecule has 184 valence electrons. The summed E-state index contributed by atoms with van der Waals surface area (Å²) < 4.78 is 7.56. The average molecular weight is 466 g/mol. The molecule has 5 rings (SSSR count). The third kappa shape index (κ3) is 4.79. The Morgan fingerprint density at radius 2 is 1.94 bits per heavy atom. The lowest BCUT2D eigenvalue weighted by atomic mass is 9.89. The van der Waals surface area contributed by atoms with Gasteiger partial charge in [-0.25, -0.2) is 0 Å². The summed E-state index contributed by atoms with van der Waals surface area (Å²) >= 11 is 0. The number of carbonyl (C=O) groups excluding carboxylic acids is 1. The van der Waals surface area contributed by atoms with Gasteiger partial charge >= 0.3 is 0 Å². The highest BCUT2D eigenvalue weighted by atomic mass is 16.5. The number of hydrogen-bond donors (Lipinski definition) is 1. The van der Waals surface area contributed by atoms with Gasteiger partial charge in [0.2, 0.25) is 0 Å². The van der Waals surface area contributed by atoms with Gasteiger partial charge in [0.25, 0.3) is 5.91 Å². The lowest BCUT2D eigenvalue weighted by molar-refractivity contribution is -0.0213. The summed E-state index contributed by atoms with van der Waals surface area (Å²) in [6.45, 7) is 5.43. The van der Waals surface area contributed by atoms with Crippen LogP contribution in [0.25, 0.3) is 0 Å². The number of rotatable bonds is 7. The molecule has 3 aliphatic rings. The summed E-state index contributed by atoms with van der Waals surface area (Å²) in [6, 6.07) is 10.5. The van der Waals surface area contributed by atoms with Crippen molar-refractivity contribution in [3.05, 3.63) is 52.8 Å². The molecule has 1 saturated carbocycles. The van der Waals surface area contributed by atoms with Crippen LogP contribution in [-0.4, -0.2) is 77.0 Å². The topological polar surface area (TPSA) is 62.6 Å². The number of nitrogens with one attached hydrogen (secondary N) is 1. The maximum Gasteiger partial charge on any atom is 0.274 e. The number of aromatic nitrogens is 2. The van der Waals surface area contributed by atoms with E-state index in [1.54, 1.807) is 4.90 Å². The van der Waals surface area contributed by atoms with Gasteiger partial charge in [-0.3, -0.25) is 14.4 Å². The molecule has 0 radical (unpaired) electrons. The lowest BCUT2D eigenvalue weighted by Gasteiger charge is -2.44. The van der Waals surface area contributed by atoms with Crippen molar-refractivity contribution in [1.29, 1.82) is 0 Å². The average Bonchev–Trinajstić information content (AvgIpc) is 3.49. The Kier molecular flexibility index (Phi) is 7.04. The predicted octanol–water partition coefficient (Wildman–Crippen LogP) is 2.78. The van der Waals surface area contributed by atoms with Gasteiger partial charge in [0, 0.05) is 63.1 Å². The smallest absolute Gasteiger partial charge is 0.274 e. The molecular formula is C27H39N5O2. The van der Waals surface area contributed by atoms with E-state index >= 15 is 0 Å². The van der Waals surface area contributed by atoms with Crippen LogP contribution in [0.2, 0.25) is 0 Å². The minimum Gasteiger partial charge on any atom is -0.379 e. The van der Waals surface area contributed by atoms with Gasteiger partial charge < -0.3 is 15.0 Å². The highest BCUT2D eigenvalue weighted by molar-refractivity contribution is 5.94. The minimum absolute atomic E-state index is 0.0157. The van der Waals surface area contributed by atoms with Crippen molar-refractivity contribution in [2.75, 3.05) is 39.9 Å². The third-order valence-corrected chi connectivity index (χ3v) is 8.20. The molecule has 34 heavy (non-hydrogen) atoms. The van der Waals surface area contributed by atoms with Crippen molar-refractivity contribution in [2.45, 2.75) is 63.1 Å². The van der Waals surface area contributed by atoms with E-state index < -0.39 is 0 Å². The molecule has 2 aliphatic carbocycles. The maximum absolute atomic E-state index is 13.4. The van der Waals surface area contributed by atoms with Crippen LogP contribution in [0.1, 0.15) is 59.4 Å². The fraction of sp³-hybridized carbons (Fsp3) is 0.630. The fourth-order valence-electron chi connectivity index (χ4n) is 6.26. The van der Waals surface area contributed by atoms with Crippen LogP contribution in [0, 0.1) is 0 Å². The van der Waals surface area contributed by atoms with Crippen molar-refractivity contribution < 1.29 is 9.53 Å². The molecule has 2 heterocycles. The van der Waals surface area contributed by atoms with E-state index in [0.717, 1.165) is 63.2 Å². The Bertz CT molecular complexity index is 976. The first kappa shape index (κ1) is 23.5. The van der Waals surface area contributed by atoms with E-state index in [9.17, 15) is 4.79 Å². The Morgan fingerprint density at radius 1 is 1.21 bits per heavy atom. The number of ether oxygens (including phenoxy) is 1. The molecule has 1 aromatic carbocycles. The number of amides is 1. The summed E-state index contributed by atoms with van der Waals surface area (Å²) in [6.07, 6.45) is 8.14. The second kappa shape index (κ2) is 10.2. The summed E-state index contributed by atoms with van der Waals surface area (Å²) in [4.78, 5) is 17.9. The number of nitrogens with zero attached hydrogens (tertiary/aromatic N) is 4. The second-order valence-electron chi connectivity index (χ2n) is 10.4. The maximum atomic E-state index is 13.4. The zero-order valence-corrected chi connectivity index (χ0v) is 20.8. The van der Waals surface area contributed by atoms with E-state index in [1.165, 1.54) is 31.4 Å². The Morgan fingerprint density at radius 3 is 2.68 bits per heavy atom. The molecule has 1 unspecified atom stereocenters. The molecule has 0 bridgehead atoms. The van der Waals surface area contributed by atoms with Gasteiger partial charge in [-0.05, 0) is 37.7 Å². The molecular weight excluding hydrogens is 426 g/mol. The number of fused-ring (bicyclic) bond motifs is 1. The van der Waals surface area contributed by atoms with Crippen LogP contribution in [-0.2, 0) is 31.2 Å². The first-order valence-corrected chi connectivity index (χ1v) is 13.0. The lowest BCUT2D eigenvalue weighted by Crippen LogP contribution is -2.58. The van der Waals surface area contributed by atoms with Gasteiger partial charge in [0.05, 0.1) is 13.2 Å². The van der Waals surface area contributed by atoms with Gasteiger partial charge in [0.15, 0.2) is 5.69 Å². The molecule has 2 fully saturated rings. The monoisotopic (exact) mass is 465 g/mol. The van der Waals surface area contributed by atoms with Crippen LogP contribution >= 0.6 is 0 Å². The minimum atomic E-state index is 0.0157. The van der Waals surface area contributed by atoms with Gasteiger partial charge in [0.1, 0.15) is 0 Å². The third-order valence-electron chi connectivity index (χ3n) is 8.20. The summed E-state index contributed by atoms with van der Waals surface area (Å²) in [5.41, 5.74) is 4.40. The van der Waals surface area contributed by atoms with E-state index in [2.05, 4.69) is 27.4 Å². The molecule has 1 amide bonds. The number of carbonyl (C=O) groups is 1. The predicted molar refractivity (Wildman–Crippen MR) is 133 cm³/mol. The van der Waals surface area contributed by atoms with Crippen LogP contribution in [0.4, 0.5) is 0 Å². The van der Waals surface area contributed by atoms with Crippen molar-refractivity contribution in [3.8, 4) is 0 Å². The zero-order chi connectivity index (χ0) is 23.5.